The van der Waals surface area contributed by atoms with Crippen LogP contribution in [-0.2, 0) is 21.7 Å². The fraction of sp³-hybridized carbons (Fsp3) is 0.350. The Labute approximate surface area is 172 Å². The molecule has 10 heteroatoms. The van der Waals surface area contributed by atoms with Gasteiger partial charge in [-0.2, -0.15) is 10.4 Å². The van der Waals surface area contributed by atoms with Gasteiger partial charge in [0.25, 0.3) is 5.91 Å². The van der Waals surface area contributed by atoms with Gasteiger partial charge in [0.05, 0.1) is 12.3 Å². The number of amides is 1. The van der Waals surface area contributed by atoms with Crippen LogP contribution in [-0.4, -0.2) is 49.9 Å². The maximum absolute atomic E-state index is 12.0. The summed E-state index contributed by atoms with van der Waals surface area (Å²) in [5.74, 6) is -0.00387. The number of aliphatic hydroxyl groups excluding tert-OH is 1. The van der Waals surface area contributed by atoms with Crippen LogP contribution in [0.4, 0.5) is 5.82 Å². The van der Waals surface area contributed by atoms with Crippen molar-refractivity contribution in [2.45, 2.75) is 37.7 Å². The Hall–Kier alpha value is -3.55. The molecule has 0 saturated carbocycles. The summed E-state index contributed by atoms with van der Waals surface area (Å²) in [7, 11) is 1.44. The number of aromatic nitrogens is 4. The molecule has 0 bridgehead atoms. The Morgan fingerprint density at radius 2 is 2.30 bits per heavy atom. The van der Waals surface area contributed by atoms with E-state index in [-0.39, 0.29) is 6.42 Å². The number of hydrogen-bond acceptors (Lipinski definition) is 8. The molecule has 154 valence electrons. The van der Waals surface area contributed by atoms with Crippen LogP contribution in [0.15, 0.2) is 36.8 Å². The average Bonchev–Trinajstić information content (AvgIpc) is 3.34. The van der Waals surface area contributed by atoms with Crippen molar-refractivity contribution in [2.75, 3.05) is 12.4 Å². The van der Waals surface area contributed by atoms with E-state index in [1.165, 1.54) is 24.1 Å². The van der Waals surface area contributed by atoms with Gasteiger partial charge in [0, 0.05) is 20.0 Å². The number of nitrogens with zero attached hydrogens (tertiary/aromatic N) is 5. The predicted octanol–water partition coefficient (Wildman–Crippen LogP) is 0.659. The van der Waals surface area contributed by atoms with E-state index in [0.29, 0.717) is 23.7 Å². The third-order valence-electron chi connectivity index (χ3n) is 5.12. The molecule has 10 nitrogen and oxygen atoms in total. The predicted molar refractivity (Wildman–Crippen MR) is 106 cm³/mol. The summed E-state index contributed by atoms with van der Waals surface area (Å²) < 4.78 is 7.19. The quantitative estimate of drug-likeness (QED) is 0.561. The topological polar surface area (TPSA) is 137 Å². The highest BCUT2D eigenvalue weighted by atomic mass is 16.5. The number of imidazole rings is 1. The maximum Gasteiger partial charge on any atom is 0.251 e. The Morgan fingerprint density at radius 3 is 3.03 bits per heavy atom. The lowest BCUT2D eigenvalue weighted by Gasteiger charge is -2.20. The standard InChI is InChI=1S/C20H21N7O3/c1-12-4-3-5-13(6-12)8-23-17-18-24-9-15(27(18)26-11-25-17)20(10-21)7-14(28)16(30-20)19(29)22-2/h3-6,9,11,14,16,28H,7-8H2,1-2H3,(H,22,29)(H,23,25,26)/t14-,16?,20-/m0/s1. The van der Waals surface area contributed by atoms with Crippen molar-refractivity contribution >= 4 is 17.4 Å². The zero-order chi connectivity index (χ0) is 21.3. The van der Waals surface area contributed by atoms with Crippen molar-refractivity contribution < 1.29 is 14.6 Å². The van der Waals surface area contributed by atoms with Crippen LogP contribution in [0, 0.1) is 18.3 Å². The highest BCUT2D eigenvalue weighted by Crippen LogP contribution is 2.39. The molecule has 4 rings (SSSR count). The van der Waals surface area contributed by atoms with Gasteiger partial charge in [-0.1, -0.05) is 29.8 Å². The molecule has 1 aromatic carbocycles. The van der Waals surface area contributed by atoms with Gasteiger partial charge in [0.2, 0.25) is 5.60 Å². The number of benzene rings is 1. The third-order valence-corrected chi connectivity index (χ3v) is 5.12. The lowest BCUT2D eigenvalue weighted by Crippen LogP contribution is -2.39. The molecular weight excluding hydrogens is 386 g/mol. The van der Waals surface area contributed by atoms with Gasteiger partial charge in [-0.05, 0) is 12.5 Å². The fourth-order valence-corrected chi connectivity index (χ4v) is 3.63. The first-order valence-electron chi connectivity index (χ1n) is 9.45. The monoisotopic (exact) mass is 407 g/mol. The number of likely N-dealkylation sites (N-methyl/N-ethyl adjacent to an activating group) is 1. The van der Waals surface area contributed by atoms with Crippen LogP contribution in [0.25, 0.3) is 5.65 Å². The summed E-state index contributed by atoms with van der Waals surface area (Å²) in [5, 5.41) is 30.1. The van der Waals surface area contributed by atoms with Gasteiger partial charge in [0.15, 0.2) is 17.6 Å². The Kier molecular flexibility index (Phi) is 5.07. The lowest BCUT2D eigenvalue weighted by molar-refractivity contribution is -0.138. The Bertz CT molecular complexity index is 1140. The number of anilines is 1. The van der Waals surface area contributed by atoms with Crippen LogP contribution in [0.1, 0.15) is 23.2 Å². The van der Waals surface area contributed by atoms with Crippen molar-refractivity contribution in [1.29, 1.82) is 5.26 Å². The van der Waals surface area contributed by atoms with Gasteiger partial charge in [-0.3, -0.25) is 4.79 Å². The third kappa shape index (κ3) is 3.34. The van der Waals surface area contributed by atoms with Crippen LogP contribution < -0.4 is 10.6 Å². The first kappa shape index (κ1) is 19.8. The second-order valence-electron chi connectivity index (χ2n) is 7.19. The molecule has 1 unspecified atom stereocenters. The van der Waals surface area contributed by atoms with E-state index in [1.807, 2.05) is 25.1 Å². The largest absolute Gasteiger partial charge is 0.390 e. The van der Waals surface area contributed by atoms with Crippen molar-refractivity contribution in [2.24, 2.45) is 0 Å². The summed E-state index contributed by atoms with van der Waals surface area (Å²) in [6, 6.07) is 10.2. The SMILES string of the molecule is CNC(=O)C1O[C@@](C#N)(c2cnc3c(NCc4cccc(C)c4)ncnn23)C[C@@H]1O. The highest BCUT2D eigenvalue weighted by Gasteiger charge is 2.52. The number of hydrogen-bond donors (Lipinski definition) is 3. The zero-order valence-electron chi connectivity index (χ0n) is 16.5. The molecule has 1 aliphatic rings. The summed E-state index contributed by atoms with van der Waals surface area (Å²) in [5.41, 5.74) is 1.42. The van der Waals surface area contributed by atoms with Crippen LogP contribution in [0.2, 0.25) is 0 Å². The fourth-order valence-electron chi connectivity index (χ4n) is 3.63. The number of carbonyl (C=O) groups is 1. The van der Waals surface area contributed by atoms with E-state index in [0.717, 1.165) is 11.1 Å². The molecule has 1 fully saturated rings. The Balaban J connectivity index is 1.66. The van der Waals surface area contributed by atoms with E-state index in [2.05, 4.69) is 37.8 Å². The molecule has 1 saturated heterocycles. The van der Waals surface area contributed by atoms with Gasteiger partial charge >= 0.3 is 0 Å². The molecule has 30 heavy (non-hydrogen) atoms. The van der Waals surface area contributed by atoms with Crippen molar-refractivity contribution in [3.8, 4) is 6.07 Å². The van der Waals surface area contributed by atoms with Crippen molar-refractivity contribution in [3.63, 3.8) is 0 Å². The summed E-state index contributed by atoms with van der Waals surface area (Å²) >= 11 is 0. The van der Waals surface area contributed by atoms with Gasteiger partial charge < -0.3 is 20.5 Å². The zero-order valence-corrected chi connectivity index (χ0v) is 16.5. The smallest absolute Gasteiger partial charge is 0.251 e. The van der Waals surface area contributed by atoms with Gasteiger partial charge in [-0.15, -0.1) is 0 Å². The summed E-state index contributed by atoms with van der Waals surface area (Å²) in [4.78, 5) is 20.6. The number of aliphatic hydroxyl groups is 1. The number of ether oxygens (including phenoxy) is 1. The molecule has 0 radical (unpaired) electrons. The van der Waals surface area contributed by atoms with E-state index in [4.69, 9.17) is 4.74 Å². The number of carbonyl (C=O) groups excluding carboxylic acids is 1. The minimum atomic E-state index is -1.56. The lowest BCUT2D eigenvalue weighted by atomic mass is 9.96. The first-order valence-corrected chi connectivity index (χ1v) is 9.45. The van der Waals surface area contributed by atoms with Crippen molar-refractivity contribution in [3.05, 3.63) is 53.6 Å². The van der Waals surface area contributed by atoms with E-state index < -0.39 is 23.7 Å². The summed E-state index contributed by atoms with van der Waals surface area (Å²) in [6.45, 7) is 2.56. The van der Waals surface area contributed by atoms with Crippen molar-refractivity contribution in [1.82, 2.24) is 24.9 Å². The minimum absolute atomic E-state index is 0.0779. The van der Waals surface area contributed by atoms with Gasteiger partial charge in [0.1, 0.15) is 18.1 Å². The molecule has 3 aromatic rings. The van der Waals surface area contributed by atoms with Crippen LogP contribution >= 0.6 is 0 Å². The van der Waals surface area contributed by atoms with Crippen LogP contribution in [0.5, 0.6) is 0 Å². The second-order valence-corrected chi connectivity index (χ2v) is 7.19. The van der Waals surface area contributed by atoms with E-state index >= 15 is 0 Å². The van der Waals surface area contributed by atoms with Gasteiger partial charge in [-0.25, -0.2) is 14.5 Å². The number of nitriles is 1. The molecule has 0 spiro atoms. The molecule has 2 aromatic heterocycles. The molecule has 3 heterocycles. The van der Waals surface area contributed by atoms with E-state index in [9.17, 15) is 15.2 Å². The number of fused-ring (bicyclic) bond motifs is 1. The second kappa shape index (κ2) is 7.70. The Morgan fingerprint density at radius 1 is 1.47 bits per heavy atom. The first-order chi connectivity index (χ1) is 14.5. The molecule has 1 aliphatic heterocycles. The number of nitrogens with one attached hydrogen (secondary N) is 2. The molecule has 3 N–H and O–H groups in total. The number of aryl methyl sites for hydroxylation is 1. The highest BCUT2D eigenvalue weighted by molar-refractivity contribution is 5.81. The maximum atomic E-state index is 12.0. The molecule has 0 aliphatic carbocycles. The molecule has 1 amide bonds. The molecular formula is C20H21N7O3. The minimum Gasteiger partial charge on any atom is -0.390 e. The normalized spacial score (nSPS) is 23.3. The number of rotatable bonds is 5. The average molecular weight is 407 g/mol. The molecule has 3 atom stereocenters. The van der Waals surface area contributed by atoms with E-state index in [1.54, 1.807) is 0 Å². The summed E-state index contributed by atoms with van der Waals surface area (Å²) in [6.07, 6.45) is 0.454. The van der Waals surface area contributed by atoms with Crippen LogP contribution in [0.3, 0.4) is 0 Å².